The Morgan fingerprint density at radius 3 is 2.65 bits per heavy atom. The van der Waals surface area contributed by atoms with Gasteiger partial charge in [-0.15, -0.1) is 11.3 Å². The summed E-state index contributed by atoms with van der Waals surface area (Å²) in [7, 11) is 0. The summed E-state index contributed by atoms with van der Waals surface area (Å²) < 4.78 is 0. The summed E-state index contributed by atoms with van der Waals surface area (Å²) in [5.41, 5.74) is 0. The molecule has 0 aromatic carbocycles. The Labute approximate surface area is 141 Å². The van der Waals surface area contributed by atoms with Gasteiger partial charge >= 0.3 is 0 Å². The van der Waals surface area contributed by atoms with E-state index in [1.54, 1.807) is 6.07 Å². The molecular formula is C17H25N3O2S. The lowest BCUT2D eigenvalue weighted by atomic mass is 10.1. The highest BCUT2D eigenvalue weighted by Gasteiger charge is 2.36. The maximum absolute atomic E-state index is 12.4. The van der Waals surface area contributed by atoms with Crippen molar-refractivity contribution in [1.29, 1.82) is 0 Å². The molecule has 0 spiro atoms. The number of carbonyl (C=O) groups is 2. The van der Waals surface area contributed by atoms with E-state index in [-0.39, 0.29) is 17.9 Å². The van der Waals surface area contributed by atoms with Crippen molar-refractivity contribution in [2.24, 2.45) is 0 Å². The Morgan fingerprint density at radius 1 is 1.13 bits per heavy atom. The molecule has 1 unspecified atom stereocenters. The van der Waals surface area contributed by atoms with Crippen LogP contribution in [0.2, 0.25) is 0 Å². The van der Waals surface area contributed by atoms with Crippen molar-refractivity contribution in [3.05, 3.63) is 22.4 Å². The molecule has 3 rings (SSSR count). The lowest BCUT2D eigenvalue weighted by Gasteiger charge is -2.29. The number of likely N-dealkylation sites (tertiary alicyclic amines) is 1. The van der Waals surface area contributed by atoms with Gasteiger partial charge in [-0.1, -0.05) is 18.9 Å². The summed E-state index contributed by atoms with van der Waals surface area (Å²) in [4.78, 5) is 27.4. The average Bonchev–Trinajstić information content (AvgIpc) is 3.32. The quantitative estimate of drug-likeness (QED) is 0.782. The van der Waals surface area contributed by atoms with E-state index in [0.29, 0.717) is 24.0 Å². The van der Waals surface area contributed by atoms with Crippen LogP contribution < -0.4 is 10.6 Å². The van der Waals surface area contributed by atoms with Gasteiger partial charge in [-0.3, -0.25) is 14.5 Å². The first kappa shape index (κ1) is 16.5. The van der Waals surface area contributed by atoms with Crippen LogP contribution in [0, 0.1) is 0 Å². The molecule has 1 atom stereocenters. The number of rotatable bonds is 6. The normalized spacial score (nSPS) is 22.3. The molecule has 126 valence electrons. The Morgan fingerprint density at radius 2 is 1.91 bits per heavy atom. The lowest BCUT2D eigenvalue weighted by Crippen LogP contribution is -2.48. The second kappa shape index (κ2) is 7.93. The van der Waals surface area contributed by atoms with E-state index in [0.717, 1.165) is 19.4 Å². The number of hydrogen-bond donors (Lipinski definition) is 2. The molecule has 2 fully saturated rings. The average molecular weight is 335 g/mol. The van der Waals surface area contributed by atoms with Crippen LogP contribution in [0.1, 0.15) is 48.2 Å². The summed E-state index contributed by atoms with van der Waals surface area (Å²) in [6.07, 6.45) is 7.14. The van der Waals surface area contributed by atoms with Crippen LogP contribution in [-0.2, 0) is 4.79 Å². The van der Waals surface area contributed by atoms with Crippen LogP contribution in [0.4, 0.5) is 0 Å². The Balaban J connectivity index is 1.39. The van der Waals surface area contributed by atoms with Crippen molar-refractivity contribution in [1.82, 2.24) is 15.5 Å². The Bertz CT molecular complexity index is 526. The summed E-state index contributed by atoms with van der Waals surface area (Å²) in [6, 6.07) is 4.30. The number of nitrogens with one attached hydrogen (secondary N) is 2. The summed E-state index contributed by atoms with van der Waals surface area (Å²) in [5.74, 6) is 0.0578. The van der Waals surface area contributed by atoms with Crippen molar-refractivity contribution in [2.75, 3.05) is 19.6 Å². The molecule has 0 radical (unpaired) electrons. The Kier molecular flexibility index (Phi) is 5.67. The Hall–Kier alpha value is -1.40. The molecule has 2 heterocycles. The third-order valence-electron chi connectivity index (χ3n) is 4.85. The van der Waals surface area contributed by atoms with Gasteiger partial charge in [0.25, 0.3) is 5.91 Å². The van der Waals surface area contributed by atoms with E-state index < -0.39 is 0 Å². The van der Waals surface area contributed by atoms with Gasteiger partial charge in [0, 0.05) is 19.1 Å². The largest absolute Gasteiger partial charge is 0.353 e. The van der Waals surface area contributed by atoms with Crippen molar-refractivity contribution < 1.29 is 9.59 Å². The predicted molar refractivity (Wildman–Crippen MR) is 91.6 cm³/mol. The van der Waals surface area contributed by atoms with Crippen LogP contribution in [0.25, 0.3) is 0 Å². The fourth-order valence-corrected chi connectivity index (χ4v) is 4.36. The van der Waals surface area contributed by atoms with E-state index in [4.69, 9.17) is 0 Å². The number of nitrogens with zero attached hydrogens (tertiary/aromatic N) is 1. The third-order valence-corrected chi connectivity index (χ3v) is 5.71. The van der Waals surface area contributed by atoms with E-state index in [2.05, 4.69) is 15.5 Å². The number of amides is 2. The summed E-state index contributed by atoms with van der Waals surface area (Å²) in [6.45, 7) is 2.02. The van der Waals surface area contributed by atoms with Crippen molar-refractivity contribution in [3.8, 4) is 0 Å². The first-order valence-electron chi connectivity index (χ1n) is 8.61. The maximum atomic E-state index is 12.4. The molecule has 1 aliphatic heterocycles. The highest BCUT2D eigenvalue weighted by atomic mass is 32.1. The molecule has 5 nitrogen and oxygen atoms in total. The van der Waals surface area contributed by atoms with Crippen LogP contribution in [0.15, 0.2) is 17.5 Å². The van der Waals surface area contributed by atoms with Gasteiger partial charge < -0.3 is 10.6 Å². The van der Waals surface area contributed by atoms with Crippen LogP contribution in [0.5, 0.6) is 0 Å². The molecular weight excluding hydrogens is 310 g/mol. The van der Waals surface area contributed by atoms with Crippen LogP contribution in [-0.4, -0.2) is 48.4 Å². The molecule has 6 heteroatoms. The van der Waals surface area contributed by atoms with Crippen LogP contribution in [0.3, 0.4) is 0 Å². The molecule has 1 aromatic heterocycles. The fraction of sp³-hybridized carbons (Fsp3) is 0.647. The maximum Gasteiger partial charge on any atom is 0.261 e. The van der Waals surface area contributed by atoms with Crippen molar-refractivity contribution in [2.45, 2.75) is 50.6 Å². The molecule has 2 amide bonds. The third kappa shape index (κ3) is 4.12. The van der Waals surface area contributed by atoms with E-state index in [9.17, 15) is 9.59 Å². The van der Waals surface area contributed by atoms with Gasteiger partial charge in [-0.2, -0.15) is 0 Å². The van der Waals surface area contributed by atoms with Crippen molar-refractivity contribution >= 4 is 23.2 Å². The molecule has 23 heavy (non-hydrogen) atoms. The zero-order valence-corrected chi connectivity index (χ0v) is 14.2. The van der Waals surface area contributed by atoms with E-state index >= 15 is 0 Å². The fourth-order valence-electron chi connectivity index (χ4n) is 3.72. The van der Waals surface area contributed by atoms with Crippen molar-refractivity contribution in [3.63, 3.8) is 0 Å². The molecule has 1 aromatic rings. The molecule has 1 aliphatic carbocycles. The SMILES string of the molecule is O=C(NCCNC(=O)C1CCCN1C1CCCC1)c1cccs1. The minimum absolute atomic E-state index is 0.0334. The van der Waals surface area contributed by atoms with Gasteiger partial charge in [-0.05, 0) is 43.7 Å². The zero-order chi connectivity index (χ0) is 16.1. The second-order valence-electron chi connectivity index (χ2n) is 6.36. The zero-order valence-electron chi connectivity index (χ0n) is 13.4. The molecule has 1 saturated heterocycles. The minimum atomic E-state index is -0.0669. The van der Waals surface area contributed by atoms with Gasteiger partial charge in [-0.25, -0.2) is 0 Å². The number of thiophene rings is 1. The highest BCUT2D eigenvalue weighted by Crippen LogP contribution is 2.29. The predicted octanol–water partition coefficient (Wildman–Crippen LogP) is 2.00. The number of hydrogen-bond acceptors (Lipinski definition) is 4. The van der Waals surface area contributed by atoms with Gasteiger partial charge in [0.1, 0.15) is 0 Å². The highest BCUT2D eigenvalue weighted by molar-refractivity contribution is 7.12. The monoisotopic (exact) mass is 335 g/mol. The summed E-state index contributed by atoms with van der Waals surface area (Å²) in [5, 5.41) is 7.71. The van der Waals surface area contributed by atoms with Gasteiger partial charge in [0.2, 0.25) is 5.91 Å². The van der Waals surface area contributed by atoms with E-state index in [1.165, 1.54) is 37.0 Å². The number of carbonyl (C=O) groups excluding carboxylic acids is 2. The topological polar surface area (TPSA) is 61.4 Å². The molecule has 2 N–H and O–H groups in total. The molecule has 0 bridgehead atoms. The second-order valence-corrected chi connectivity index (χ2v) is 7.31. The first-order chi connectivity index (χ1) is 11.3. The molecule has 1 saturated carbocycles. The van der Waals surface area contributed by atoms with Gasteiger partial charge in [0.05, 0.1) is 10.9 Å². The van der Waals surface area contributed by atoms with Crippen LogP contribution >= 0.6 is 11.3 Å². The molecule has 2 aliphatic rings. The minimum Gasteiger partial charge on any atom is -0.353 e. The summed E-state index contributed by atoms with van der Waals surface area (Å²) >= 11 is 1.42. The smallest absolute Gasteiger partial charge is 0.261 e. The van der Waals surface area contributed by atoms with E-state index in [1.807, 2.05) is 11.4 Å². The lowest BCUT2D eigenvalue weighted by molar-refractivity contribution is -0.126. The first-order valence-corrected chi connectivity index (χ1v) is 9.49. The van der Waals surface area contributed by atoms with Gasteiger partial charge in [0.15, 0.2) is 0 Å². The standard InChI is InChI=1S/C17H25N3O2S/c21-16(14-7-3-11-20(14)13-5-1-2-6-13)18-9-10-19-17(22)15-8-4-12-23-15/h4,8,12-14H,1-3,5-7,9-11H2,(H,18,21)(H,19,22).